The van der Waals surface area contributed by atoms with E-state index in [4.69, 9.17) is 11.6 Å². The van der Waals surface area contributed by atoms with E-state index in [1.807, 2.05) is 17.5 Å². The highest BCUT2D eigenvalue weighted by Crippen LogP contribution is 2.18. The van der Waals surface area contributed by atoms with Gasteiger partial charge in [0.15, 0.2) is 0 Å². The Labute approximate surface area is 164 Å². The average Bonchev–Trinajstić information content (AvgIpc) is 3.22. The molecule has 0 spiro atoms. The van der Waals surface area contributed by atoms with Gasteiger partial charge in [0.25, 0.3) is 5.56 Å². The Morgan fingerprint density at radius 3 is 2.59 bits per heavy atom. The summed E-state index contributed by atoms with van der Waals surface area (Å²) < 4.78 is 5.16. The van der Waals surface area contributed by atoms with Gasteiger partial charge in [0.1, 0.15) is 4.70 Å². The van der Waals surface area contributed by atoms with E-state index in [0.717, 1.165) is 12.0 Å². The summed E-state index contributed by atoms with van der Waals surface area (Å²) in [7, 11) is 0. The monoisotopic (exact) mass is 402 g/mol. The zero-order chi connectivity index (χ0) is 19.1. The van der Waals surface area contributed by atoms with Crippen LogP contribution in [-0.4, -0.2) is 18.7 Å². The number of fused-ring (bicyclic) bond motifs is 3. The lowest BCUT2D eigenvalue weighted by Gasteiger charge is -2.09. The van der Waals surface area contributed by atoms with Crippen molar-refractivity contribution < 1.29 is 0 Å². The Morgan fingerprint density at radius 1 is 1.15 bits per heavy atom. The van der Waals surface area contributed by atoms with Crippen molar-refractivity contribution in [2.24, 2.45) is 5.92 Å². The molecule has 0 N–H and O–H groups in total. The third-order valence-electron chi connectivity index (χ3n) is 4.56. The van der Waals surface area contributed by atoms with Crippen LogP contribution in [0.2, 0.25) is 5.02 Å². The van der Waals surface area contributed by atoms with Crippen LogP contribution < -0.4 is 11.2 Å². The van der Waals surface area contributed by atoms with Crippen LogP contribution in [0.3, 0.4) is 0 Å². The lowest BCUT2D eigenvalue weighted by Crippen LogP contribution is -2.26. The first kappa shape index (κ1) is 18.0. The first-order chi connectivity index (χ1) is 13.0. The number of aryl methyl sites for hydroxylation is 1. The van der Waals surface area contributed by atoms with Gasteiger partial charge in [-0.2, -0.15) is 0 Å². The Balaban J connectivity index is 1.91. The van der Waals surface area contributed by atoms with Crippen molar-refractivity contribution in [2.75, 3.05) is 0 Å². The second kappa shape index (κ2) is 6.98. The van der Waals surface area contributed by atoms with E-state index < -0.39 is 0 Å². The Kier molecular flexibility index (Phi) is 4.65. The molecule has 0 aliphatic rings. The van der Waals surface area contributed by atoms with Gasteiger partial charge in [-0.25, -0.2) is 13.9 Å². The largest absolute Gasteiger partial charge is 0.352 e. The summed E-state index contributed by atoms with van der Waals surface area (Å²) in [6.45, 7) is 5.07. The molecule has 0 saturated carbocycles. The third-order valence-corrected chi connectivity index (χ3v) is 5.71. The SMILES string of the molecule is CC(C)CCn1c(=O)c2sccc2n2c(=O)n(Cc3ccc(Cl)cc3)nc12. The second-order valence-corrected chi connectivity index (χ2v) is 8.33. The number of halogens is 1. The molecule has 8 heteroatoms. The van der Waals surface area contributed by atoms with Crippen molar-refractivity contribution in [3.8, 4) is 0 Å². The van der Waals surface area contributed by atoms with Crippen molar-refractivity contribution in [1.29, 1.82) is 0 Å². The van der Waals surface area contributed by atoms with E-state index in [9.17, 15) is 9.59 Å². The van der Waals surface area contributed by atoms with E-state index in [2.05, 4.69) is 18.9 Å². The number of aromatic nitrogens is 4. The maximum Gasteiger partial charge on any atom is 0.352 e. The number of hydrogen-bond acceptors (Lipinski definition) is 4. The van der Waals surface area contributed by atoms with Crippen LogP contribution in [0.4, 0.5) is 0 Å². The van der Waals surface area contributed by atoms with E-state index in [1.165, 1.54) is 16.0 Å². The molecule has 4 rings (SSSR count). The normalized spacial score (nSPS) is 11.9. The van der Waals surface area contributed by atoms with Crippen molar-refractivity contribution in [3.63, 3.8) is 0 Å². The van der Waals surface area contributed by atoms with Crippen molar-refractivity contribution >= 4 is 38.9 Å². The summed E-state index contributed by atoms with van der Waals surface area (Å²) in [5, 5.41) is 6.98. The molecule has 0 amide bonds. The van der Waals surface area contributed by atoms with Crippen LogP contribution in [0.5, 0.6) is 0 Å². The van der Waals surface area contributed by atoms with Crippen LogP contribution in [0.1, 0.15) is 25.8 Å². The number of hydrogen-bond donors (Lipinski definition) is 0. The third kappa shape index (κ3) is 3.21. The first-order valence-electron chi connectivity index (χ1n) is 8.79. The minimum absolute atomic E-state index is 0.0863. The molecule has 27 heavy (non-hydrogen) atoms. The smallest absolute Gasteiger partial charge is 0.276 e. The fourth-order valence-corrected chi connectivity index (χ4v) is 4.04. The number of nitrogens with zero attached hydrogens (tertiary/aromatic N) is 4. The average molecular weight is 403 g/mol. The molecule has 0 unspecified atom stereocenters. The molecule has 3 aromatic heterocycles. The van der Waals surface area contributed by atoms with Gasteiger partial charge in [0.2, 0.25) is 5.78 Å². The van der Waals surface area contributed by atoms with Crippen molar-refractivity contribution in [3.05, 3.63) is 67.1 Å². The zero-order valence-corrected chi connectivity index (χ0v) is 16.6. The lowest BCUT2D eigenvalue weighted by molar-refractivity contribution is 0.512. The van der Waals surface area contributed by atoms with Gasteiger partial charge in [-0.3, -0.25) is 9.36 Å². The van der Waals surface area contributed by atoms with Gasteiger partial charge in [-0.05, 0) is 41.5 Å². The zero-order valence-electron chi connectivity index (χ0n) is 15.1. The highest BCUT2D eigenvalue weighted by molar-refractivity contribution is 7.17. The molecular formula is C19H19ClN4O2S. The number of rotatable bonds is 5. The molecule has 0 aliphatic heterocycles. The highest BCUT2D eigenvalue weighted by atomic mass is 35.5. The van der Waals surface area contributed by atoms with Crippen LogP contribution in [-0.2, 0) is 13.1 Å². The fourth-order valence-electron chi connectivity index (χ4n) is 3.09. The van der Waals surface area contributed by atoms with E-state index in [1.54, 1.807) is 27.2 Å². The highest BCUT2D eigenvalue weighted by Gasteiger charge is 2.18. The Bertz CT molecular complexity index is 1230. The molecule has 0 radical (unpaired) electrons. The van der Waals surface area contributed by atoms with Crippen molar-refractivity contribution in [2.45, 2.75) is 33.4 Å². The number of thiophene rings is 1. The summed E-state index contributed by atoms with van der Waals surface area (Å²) >= 11 is 7.29. The molecule has 1 aromatic carbocycles. The summed E-state index contributed by atoms with van der Waals surface area (Å²) in [5.74, 6) is 0.837. The van der Waals surface area contributed by atoms with Gasteiger partial charge in [-0.15, -0.1) is 16.4 Å². The topological polar surface area (TPSA) is 61.3 Å². The maximum atomic E-state index is 13.0. The minimum atomic E-state index is -0.248. The molecule has 0 aliphatic carbocycles. The van der Waals surface area contributed by atoms with E-state index >= 15 is 0 Å². The van der Waals surface area contributed by atoms with Gasteiger partial charge in [0.05, 0.1) is 12.1 Å². The molecule has 0 bridgehead atoms. The summed E-state index contributed by atoms with van der Waals surface area (Å²) in [6, 6.07) is 9.10. The molecule has 140 valence electrons. The second-order valence-electron chi connectivity index (χ2n) is 6.98. The molecule has 0 saturated heterocycles. The predicted octanol–water partition coefficient (Wildman–Crippen LogP) is 3.62. The molecular weight excluding hydrogens is 384 g/mol. The Morgan fingerprint density at radius 2 is 1.89 bits per heavy atom. The first-order valence-corrected chi connectivity index (χ1v) is 10.1. The Hall–Kier alpha value is -2.38. The standard InChI is InChI=1S/C19H19ClN4O2S/c1-12(2)7-9-22-17(25)16-15(8-10-27-16)24-18(22)21-23(19(24)26)11-13-3-5-14(20)6-4-13/h3-6,8,10,12H,7,9,11H2,1-2H3. The molecule has 0 atom stereocenters. The molecule has 3 heterocycles. The van der Waals surface area contributed by atoms with Gasteiger partial charge in [0, 0.05) is 11.6 Å². The van der Waals surface area contributed by atoms with E-state index in [0.29, 0.717) is 40.0 Å². The fraction of sp³-hybridized carbons (Fsp3) is 0.316. The summed E-state index contributed by atoms with van der Waals surface area (Å²) in [6.07, 6.45) is 0.838. The van der Waals surface area contributed by atoms with Gasteiger partial charge >= 0.3 is 5.69 Å². The van der Waals surface area contributed by atoms with Crippen molar-refractivity contribution in [1.82, 2.24) is 18.7 Å². The van der Waals surface area contributed by atoms with Crippen LogP contribution in [0.25, 0.3) is 16.0 Å². The van der Waals surface area contributed by atoms with Crippen LogP contribution in [0, 0.1) is 5.92 Å². The quantitative estimate of drug-likeness (QED) is 0.512. The molecule has 4 aromatic rings. The molecule has 0 fully saturated rings. The number of benzene rings is 1. The van der Waals surface area contributed by atoms with Gasteiger partial charge < -0.3 is 0 Å². The summed E-state index contributed by atoms with van der Waals surface area (Å²) in [5.41, 5.74) is 1.20. The van der Waals surface area contributed by atoms with E-state index in [-0.39, 0.29) is 11.2 Å². The summed E-state index contributed by atoms with van der Waals surface area (Å²) in [4.78, 5) is 26.0. The van der Waals surface area contributed by atoms with Gasteiger partial charge in [-0.1, -0.05) is 37.6 Å². The minimum Gasteiger partial charge on any atom is -0.276 e. The predicted molar refractivity (Wildman–Crippen MR) is 109 cm³/mol. The maximum absolute atomic E-state index is 13.0. The lowest BCUT2D eigenvalue weighted by atomic mass is 10.1. The van der Waals surface area contributed by atoms with Crippen LogP contribution >= 0.6 is 22.9 Å². The van der Waals surface area contributed by atoms with Crippen LogP contribution in [0.15, 0.2) is 45.3 Å². The molecule has 6 nitrogen and oxygen atoms in total.